The van der Waals surface area contributed by atoms with Crippen LogP contribution in [0.4, 0.5) is 0 Å². The smallest absolute Gasteiger partial charge is 0.283 e. The minimum absolute atomic E-state index is 0.0974. The Balaban J connectivity index is 1.62. The first kappa shape index (κ1) is 12.8. The molecule has 0 aliphatic carbocycles. The first-order chi connectivity index (χ1) is 10.7. The first-order valence-electron chi connectivity index (χ1n) is 7.71. The summed E-state index contributed by atoms with van der Waals surface area (Å²) in [7, 11) is 0. The Bertz CT molecular complexity index is 741. The van der Waals surface area contributed by atoms with Crippen molar-refractivity contribution in [1.29, 1.82) is 0 Å². The van der Waals surface area contributed by atoms with Crippen molar-refractivity contribution in [3.8, 4) is 0 Å². The zero-order valence-electron chi connectivity index (χ0n) is 12.1. The summed E-state index contributed by atoms with van der Waals surface area (Å²) in [5.41, 5.74) is 6.57. The second kappa shape index (κ2) is 4.39. The van der Waals surface area contributed by atoms with Crippen LogP contribution in [0.15, 0.2) is 23.3 Å². The van der Waals surface area contributed by atoms with E-state index in [0.29, 0.717) is 11.9 Å². The van der Waals surface area contributed by atoms with Crippen LogP contribution in [0.3, 0.4) is 0 Å². The lowest BCUT2D eigenvalue weighted by atomic mass is 9.82. The average molecular weight is 315 g/mol. The molecule has 5 heterocycles. The Hall–Kier alpha value is -1.73. The van der Waals surface area contributed by atoms with Crippen LogP contribution in [0.2, 0.25) is 0 Å². The highest BCUT2D eigenvalue weighted by atomic mass is 32.1. The molecule has 4 atom stereocenters. The van der Waals surface area contributed by atoms with Gasteiger partial charge in [-0.05, 0) is 31.5 Å². The van der Waals surface area contributed by atoms with Crippen LogP contribution in [0.25, 0.3) is 10.3 Å². The van der Waals surface area contributed by atoms with Gasteiger partial charge >= 0.3 is 0 Å². The molecule has 114 valence electrons. The number of nitrogens with two attached hydrogens (primary N) is 1. The number of aromatic nitrogens is 2. The third-order valence-electron chi connectivity index (χ3n) is 5.10. The fraction of sp³-hybridized carbons (Fsp3) is 0.533. The number of fused-ring (bicyclic) bond motifs is 4. The number of nitrogens with zero attached hydrogens (tertiary/aromatic N) is 4. The average Bonchev–Trinajstić information content (AvgIpc) is 3.15. The lowest BCUT2D eigenvalue weighted by Gasteiger charge is -2.32. The largest absolute Gasteiger partial charge is 0.454 e. The number of hydrogen-bond acceptors (Lipinski definition) is 7. The number of piperidine rings is 1. The van der Waals surface area contributed by atoms with E-state index in [0.717, 1.165) is 35.0 Å². The van der Waals surface area contributed by atoms with Gasteiger partial charge in [-0.15, -0.1) is 0 Å². The quantitative estimate of drug-likeness (QED) is 0.864. The molecule has 6 nitrogen and oxygen atoms in total. The molecule has 7 heteroatoms. The number of amidine groups is 1. The maximum Gasteiger partial charge on any atom is 0.283 e. The molecule has 22 heavy (non-hydrogen) atoms. The second-order valence-electron chi connectivity index (χ2n) is 6.38. The van der Waals surface area contributed by atoms with Crippen LogP contribution in [0.1, 0.15) is 23.9 Å². The number of aliphatic imine (C=N–C) groups is 1. The van der Waals surface area contributed by atoms with Gasteiger partial charge in [0.2, 0.25) is 0 Å². The molecule has 2 aromatic rings. The molecule has 0 aromatic carbocycles. The number of rotatable bonds is 1. The summed E-state index contributed by atoms with van der Waals surface area (Å²) in [4.78, 5) is 17.2. The van der Waals surface area contributed by atoms with Crippen molar-refractivity contribution in [2.45, 2.75) is 24.5 Å². The summed E-state index contributed by atoms with van der Waals surface area (Å²) in [6.07, 6.45) is 4.21. The van der Waals surface area contributed by atoms with E-state index in [1.807, 2.05) is 12.1 Å². The molecule has 3 aliphatic heterocycles. The molecule has 4 unspecified atom stereocenters. The van der Waals surface area contributed by atoms with Gasteiger partial charge in [-0.1, -0.05) is 11.3 Å². The van der Waals surface area contributed by atoms with Crippen LogP contribution < -0.4 is 5.73 Å². The lowest BCUT2D eigenvalue weighted by molar-refractivity contribution is 0.0271. The molecule has 5 rings (SSSR count). The summed E-state index contributed by atoms with van der Waals surface area (Å²) in [5.74, 6) is 0.482. The minimum Gasteiger partial charge on any atom is -0.454 e. The van der Waals surface area contributed by atoms with Crippen molar-refractivity contribution in [1.82, 2.24) is 14.9 Å². The maximum absolute atomic E-state index is 6.12. The highest BCUT2D eigenvalue weighted by molar-refractivity contribution is 7.18. The van der Waals surface area contributed by atoms with Crippen molar-refractivity contribution in [2.24, 2.45) is 16.6 Å². The predicted molar refractivity (Wildman–Crippen MR) is 84.8 cm³/mol. The molecule has 3 aliphatic rings. The number of thiazole rings is 1. The van der Waals surface area contributed by atoms with Crippen molar-refractivity contribution < 1.29 is 4.74 Å². The van der Waals surface area contributed by atoms with Crippen molar-refractivity contribution in [3.05, 3.63) is 23.3 Å². The molecule has 2 saturated heterocycles. The standard InChI is InChI=1S/C15H17N5OS/c16-14-19-11(13-18-10-4-1-5-17-12(10)22-13)15(21-14)8-20-6-2-3-9(15)7-20/h1,4-5,9,11H,2-3,6-8H2,(H2,16,19). The van der Waals surface area contributed by atoms with Crippen molar-refractivity contribution >= 4 is 27.7 Å². The first-order valence-corrected chi connectivity index (χ1v) is 8.52. The van der Waals surface area contributed by atoms with Crippen molar-refractivity contribution in [2.75, 3.05) is 19.6 Å². The van der Waals surface area contributed by atoms with E-state index in [1.165, 1.54) is 12.8 Å². The molecule has 2 bridgehead atoms. The predicted octanol–water partition coefficient (Wildman–Crippen LogP) is 1.54. The van der Waals surface area contributed by atoms with Crippen LogP contribution in [0, 0.1) is 5.92 Å². The van der Waals surface area contributed by atoms with Crippen LogP contribution in [-0.4, -0.2) is 46.1 Å². The van der Waals surface area contributed by atoms with Gasteiger partial charge in [0, 0.05) is 25.2 Å². The Kier molecular flexibility index (Phi) is 2.55. The van der Waals surface area contributed by atoms with Crippen LogP contribution >= 0.6 is 11.3 Å². The Morgan fingerprint density at radius 1 is 1.45 bits per heavy atom. The summed E-state index contributed by atoms with van der Waals surface area (Å²) < 4.78 is 6.12. The van der Waals surface area contributed by atoms with Gasteiger partial charge in [-0.25, -0.2) is 15.0 Å². The Labute approximate surface area is 132 Å². The minimum atomic E-state index is -0.325. The normalized spacial score (nSPS) is 36.7. The molecule has 0 saturated carbocycles. The van der Waals surface area contributed by atoms with Gasteiger partial charge < -0.3 is 10.5 Å². The van der Waals surface area contributed by atoms with Gasteiger partial charge in [0.1, 0.15) is 21.4 Å². The lowest BCUT2D eigenvalue weighted by Crippen LogP contribution is -2.43. The Morgan fingerprint density at radius 3 is 3.27 bits per heavy atom. The fourth-order valence-electron chi connectivity index (χ4n) is 4.18. The monoisotopic (exact) mass is 315 g/mol. The molecular formula is C15H17N5OS. The van der Waals surface area contributed by atoms with Crippen molar-refractivity contribution in [3.63, 3.8) is 0 Å². The van der Waals surface area contributed by atoms with E-state index < -0.39 is 0 Å². The van der Waals surface area contributed by atoms with Gasteiger partial charge in [-0.2, -0.15) is 0 Å². The van der Waals surface area contributed by atoms with E-state index in [9.17, 15) is 0 Å². The second-order valence-corrected chi connectivity index (χ2v) is 7.39. The SMILES string of the molecule is NC1=NC(c2nc3cccnc3s2)C2(CN3CCCC2C3)O1. The van der Waals surface area contributed by atoms with E-state index in [-0.39, 0.29) is 11.6 Å². The van der Waals surface area contributed by atoms with Gasteiger partial charge in [0.25, 0.3) is 6.02 Å². The van der Waals surface area contributed by atoms with E-state index in [2.05, 4.69) is 14.9 Å². The van der Waals surface area contributed by atoms with Crippen LogP contribution in [-0.2, 0) is 4.74 Å². The molecule has 0 amide bonds. The number of pyridine rings is 1. The number of hydrogen-bond donors (Lipinski definition) is 1. The number of ether oxygens (including phenoxy) is 1. The molecule has 2 fully saturated rings. The van der Waals surface area contributed by atoms with E-state index in [4.69, 9.17) is 15.5 Å². The molecule has 2 N–H and O–H groups in total. The zero-order chi connectivity index (χ0) is 14.7. The van der Waals surface area contributed by atoms with E-state index >= 15 is 0 Å². The van der Waals surface area contributed by atoms with Gasteiger partial charge in [0.05, 0.1) is 0 Å². The zero-order valence-corrected chi connectivity index (χ0v) is 12.9. The topological polar surface area (TPSA) is 76.6 Å². The van der Waals surface area contributed by atoms with Gasteiger partial charge in [-0.3, -0.25) is 4.90 Å². The summed E-state index contributed by atoms with van der Waals surface area (Å²) in [6.45, 7) is 3.13. The fourth-order valence-corrected chi connectivity index (χ4v) is 5.22. The molecule has 2 aromatic heterocycles. The third-order valence-corrected chi connectivity index (χ3v) is 6.13. The maximum atomic E-state index is 6.12. The van der Waals surface area contributed by atoms with Gasteiger partial charge in [0.15, 0.2) is 5.60 Å². The summed E-state index contributed by atoms with van der Waals surface area (Å²) in [5, 5.41) is 0.975. The van der Waals surface area contributed by atoms with Crippen LogP contribution in [0.5, 0.6) is 0 Å². The Morgan fingerprint density at radius 2 is 2.41 bits per heavy atom. The summed E-state index contributed by atoms with van der Waals surface area (Å²) >= 11 is 1.61. The summed E-state index contributed by atoms with van der Waals surface area (Å²) in [6, 6.07) is 4.12. The highest BCUT2D eigenvalue weighted by Gasteiger charge is 2.59. The van der Waals surface area contributed by atoms with E-state index in [1.54, 1.807) is 17.5 Å². The highest BCUT2D eigenvalue weighted by Crippen LogP contribution is 2.50. The molecular weight excluding hydrogens is 298 g/mol. The third kappa shape index (κ3) is 1.66. The molecule has 1 spiro atoms. The molecule has 0 radical (unpaired) electrons.